The summed E-state index contributed by atoms with van der Waals surface area (Å²) in [5.41, 5.74) is 7.18. The number of carbonyl (C=O) groups excluding carboxylic acids is 1. The van der Waals surface area contributed by atoms with Gasteiger partial charge in [0.25, 0.3) is 0 Å². The molecule has 5 nitrogen and oxygen atoms in total. The molecule has 0 radical (unpaired) electrons. The molecule has 21 heavy (non-hydrogen) atoms. The third kappa shape index (κ3) is 3.68. The molecule has 6 heteroatoms. The average molecular weight is 313 g/mol. The van der Waals surface area contributed by atoms with Crippen LogP contribution in [0.5, 0.6) is 5.75 Å². The number of hydrogen-bond donors (Lipinski definition) is 1. The molecule has 0 saturated carbocycles. The molecule has 1 atom stereocenters. The van der Waals surface area contributed by atoms with Crippen molar-refractivity contribution in [3.63, 3.8) is 0 Å². The molecule has 0 bridgehead atoms. The molecule has 2 aromatic rings. The summed E-state index contributed by atoms with van der Waals surface area (Å²) in [5, 5.41) is 0.938. The van der Waals surface area contributed by atoms with E-state index in [1.807, 2.05) is 25.1 Å². The van der Waals surface area contributed by atoms with Gasteiger partial charge in [0.15, 0.2) is 0 Å². The Labute approximate surface area is 130 Å². The van der Waals surface area contributed by atoms with Crippen LogP contribution in [0.1, 0.15) is 12.5 Å². The molecular formula is C15H21ClN2O3. The molecule has 0 spiro atoms. The van der Waals surface area contributed by atoms with E-state index in [9.17, 15) is 4.79 Å². The fourth-order valence-corrected chi connectivity index (χ4v) is 2.02. The van der Waals surface area contributed by atoms with Gasteiger partial charge in [0.1, 0.15) is 11.3 Å². The summed E-state index contributed by atoms with van der Waals surface area (Å²) in [6.45, 7) is 2.38. The minimum Gasteiger partial charge on any atom is -0.497 e. The van der Waals surface area contributed by atoms with Crippen LogP contribution in [-0.2, 0) is 11.2 Å². The molecule has 1 amide bonds. The first-order valence-electron chi connectivity index (χ1n) is 6.56. The van der Waals surface area contributed by atoms with Crippen LogP contribution in [0.3, 0.4) is 0 Å². The molecule has 116 valence electrons. The molecule has 1 unspecified atom stereocenters. The van der Waals surface area contributed by atoms with E-state index in [0.717, 1.165) is 22.3 Å². The number of amides is 1. The second-order valence-corrected chi connectivity index (χ2v) is 4.89. The Kier molecular flexibility index (Phi) is 6.05. The lowest BCUT2D eigenvalue weighted by Gasteiger charge is -2.23. The Morgan fingerprint density at radius 3 is 2.81 bits per heavy atom. The van der Waals surface area contributed by atoms with Crippen LogP contribution in [0.25, 0.3) is 11.0 Å². The number of nitrogens with two attached hydrogens (primary N) is 1. The van der Waals surface area contributed by atoms with E-state index < -0.39 is 0 Å². The summed E-state index contributed by atoms with van der Waals surface area (Å²) in [7, 11) is 3.38. The van der Waals surface area contributed by atoms with Gasteiger partial charge in [-0.25, -0.2) is 0 Å². The van der Waals surface area contributed by atoms with Crippen molar-refractivity contribution in [3.05, 3.63) is 30.0 Å². The molecule has 1 heterocycles. The van der Waals surface area contributed by atoms with Gasteiger partial charge in [-0.3, -0.25) is 4.79 Å². The molecule has 1 aromatic heterocycles. The lowest BCUT2D eigenvalue weighted by molar-refractivity contribution is -0.130. The van der Waals surface area contributed by atoms with Gasteiger partial charge in [0.05, 0.1) is 19.8 Å². The van der Waals surface area contributed by atoms with Gasteiger partial charge >= 0.3 is 0 Å². The van der Waals surface area contributed by atoms with Gasteiger partial charge in [-0.15, -0.1) is 12.4 Å². The summed E-state index contributed by atoms with van der Waals surface area (Å²) in [6, 6.07) is 5.61. The van der Waals surface area contributed by atoms with Crippen LogP contribution >= 0.6 is 12.4 Å². The van der Waals surface area contributed by atoms with E-state index in [1.54, 1.807) is 25.3 Å². The maximum atomic E-state index is 12.2. The first kappa shape index (κ1) is 17.3. The van der Waals surface area contributed by atoms with Crippen LogP contribution < -0.4 is 10.5 Å². The summed E-state index contributed by atoms with van der Waals surface area (Å²) >= 11 is 0. The van der Waals surface area contributed by atoms with Crippen LogP contribution in [0.2, 0.25) is 0 Å². The minimum atomic E-state index is 0. The van der Waals surface area contributed by atoms with Gasteiger partial charge < -0.3 is 19.8 Å². The Bertz CT molecular complexity index is 612. The lowest BCUT2D eigenvalue weighted by Crippen LogP contribution is -2.40. The number of hydrogen-bond acceptors (Lipinski definition) is 4. The second-order valence-electron chi connectivity index (χ2n) is 4.89. The molecule has 1 aromatic carbocycles. The highest BCUT2D eigenvalue weighted by molar-refractivity contribution is 5.88. The SMILES string of the molecule is COc1ccc2c(CC(=O)N(C)C(C)CN)coc2c1.Cl. The highest BCUT2D eigenvalue weighted by Gasteiger charge is 2.17. The Balaban J connectivity index is 0.00000220. The molecule has 2 N–H and O–H groups in total. The van der Waals surface area contributed by atoms with E-state index in [2.05, 4.69) is 0 Å². The molecule has 0 fully saturated rings. The summed E-state index contributed by atoms with van der Waals surface area (Å²) < 4.78 is 10.6. The second kappa shape index (κ2) is 7.33. The molecular weight excluding hydrogens is 292 g/mol. The Morgan fingerprint density at radius 1 is 1.48 bits per heavy atom. The number of likely N-dealkylation sites (N-methyl/N-ethyl adjacent to an activating group) is 1. The zero-order chi connectivity index (χ0) is 14.7. The van der Waals surface area contributed by atoms with Crippen LogP contribution in [-0.4, -0.2) is 37.6 Å². The molecule has 0 aliphatic rings. The quantitative estimate of drug-likeness (QED) is 0.919. The van der Waals surface area contributed by atoms with Crippen molar-refractivity contribution in [1.82, 2.24) is 4.90 Å². The first-order valence-corrected chi connectivity index (χ1v) is 6.56. The fourth-order valence-electron chi connectivity index (χ4n) is 2.02. The number of methoxy groups -OCH3 is 1. The van der Waals surface area contributed by atoms with Gasteiger partial charge in [0.2, 0.25) is 5.91 Å². The van der Waals surface area contributed by atoms with Crippen molar-refractivity contribution < 1.29 is 13.9 Å². The highest BCUT2D eigenvalue weighted by Crippen LogP contribution is 2.26. The largest absolute Gasteiger partial charge is 0.497 e. The smallest absolute Gasteiger partial charge is 0.227 e. The number of halogens is 1. The highest BCUT2D eigenvalue weighted by atomic mass is 35.5. The van der Waals surface area contributed by atoms with Crippen molar-refractivity contribution in [2.75, 3.05) is 20.7 Å². The van der Waals surface area contributed by atoms with Crippen molar-refractivity contribution in [2.24, 2.45) is 5.73 Å². The van der Waals surface area contributed by atoms with Gasteiger partial charge in [0, 0.05) is 36.7 Å². The van der Waals surface area contributed by atoms with Crippen molar-refractivity contribution in [1.29, 1.82) is 0 Å². The number of fused-ring (bicyclic) bond motifs is 1. The monoisotopic (exact) mass is 312 g/mol. The fraction of sp³-hybridized carbons (Fsp3) is 0.400. The number of carbonyl (C=O) groups is 1. The van der Waals surface area contributed by atoms with E-state index in [4.69, 9.17) is 14.9 Å². The summed E-state index contributed by atoms with van der Waals surface area (Å²) in [4.78, 5) is 13.9. The molecule has 2 rings (SSSR count). The maximum absolute atomic E-state index is 12.2. The number of nitrogens with zero attached hydrogens (tertiary/aromatic N) is 1. The van der Waals surface area contributed by atoms with Gasteiger partial charge in [-0.1, -0.05) is 0 Å². The number of benzene rings is 1. The molecule has 0 aliphatic heterocycles. The van der Waals surface area contributed by atoms with Crippen molar-refractivity contribution in [3.8, 4) is 5.75 Å². The Morgan fingerprint density at radius 2 is 2.19 bits per heavy atom. The normalized spacial score (nSPS) is 11.8. The molecule has 0 saturated heterocycles. The summed E-state index contributed by atoms with van der Waals surface area (Å²) in [5.74, 6) is 0.764. The van der Waals surface area contributed by atoms with E-state index in [0.29, 0.717) is 13.0 Å². The minimum absolute atomic E-state index is 0. The third-order valence-corrected chi connectivity index (χ3v) is 3.60. The predicted octanol–water partition coefficient (Wildman–Crippen LogP) is 2.21. The zero-order valence-corrected chi connectivity index (χ0v) is 13.3. The zero-order valence-electron chi connectivity index (χ0n) is 12.5. The standard InChI is InChI=1S/C15H20N2O3.ClH/c1-10(8-16)17(2)15(18)6-11-9-20-14-7-12(19-3)4-5-13(11)14;/h4-5,7,9-10H,6,8,16H2,1-3H3;1H. The topological polar surface area (TPSA) is 68.7 Å². The van der Waals surface area contributed by atoms with E-state index >= 15 is 0 Å². The predicted molar refractivity (Wildman–Crippen MR) is 85.0 cm³/mol. The number of ether oxygens (including phenoxy) is 1. The summed E-state index contributed by atoms with van der Waals surface area (Å²) in [6.07, 6.45) is 1.93. The van der Waals surface area contributed by atoms with Gasteiger partial charge in [-0.05, 0) is 19.1 Å². The number of furan rings is 1. The van der Waals surface area contributed by atoms with Crippen molar-refractivity contribution >= 4 is 29.3 Å². The molecule has 0 aliphatic carbocycles. The van der Waals surface area contributed by atoms with Crippen LogP contribution in [0.15, 0.2) is 28.9 Å². The third-order valence-electron chi connectivity index (χ3n) is 3.60. The maximum Gasteiger partial charge on any atom is 0.227 e. The lowest BCUT2D eigenvalue weighted by atomic mass is 10.1. The van der Waals surface area contributed by atoms with Gasteiger partial charge in [-0.2, -0.15) is 0 Å². The van der Waals surface area contributed by atoms with Crippen LogP contribution in [0.4, 0.5) is 0 Å². The first-order chi connectivity index (χ1) is 9.56. The average Bonchev–Trinajstić information content (AvgIpc) is 2.87. The number of rotatable bonds is 5. The Hall–Kier alpha value is -1.72. The van der Waals surface area contributed by atoms with E-state index in [-0.39, 0.29) is 24.4 Å². The van der Waals surface area contributed by atoms with Crippen LogP contribution in [0, 0.1) is 0 Å². The van der Waals surface area contributed by atoms with Crippen molar-refractivity contribution in [2.45, 2.75) is 19.4 Å². The van der Waals surface area contributed by atoms with E-state index in [1.165, 1.54) is 0 Å².